The molecule has 0 aromatic rings. The summed E-state index contributed by atoms with van der Waals surface area (Å²) in [4.78, 5) is 24.5. The maximum atomic E-state index is 12.6. The molecule has 0 N–H and O–H groups in total. The van der Waals surface area contributed by atoms with Gasteiger partial charge in [0.05, 0.1) is 0 Å². The minimum Gasteiger partial charge on any atom is -0.462 e. The van der Waals surface area contributed by atoms with Gasteiger partial charge < -0.3 is 9.53 Å². The Balaban J connectivity index is 1.51. The van der Waals surface area contributed by atoms with Gasteiger partial charge in [0.15, 0.2) is 0 Å². The molecule has 5 rings (SSSR count). The Hall–Kier alpha value is -1.12. The number of hydrogen-bond donors (Lipinski definition) is 0. The molecule has 10 atom stereocenters. The average Bonchev–Trinajstić information content (AvgIpc) is 3.16. The van der Waals surface area contributed by atoms with Crippen LogP contribution in [0.1, 0.15) is 113 Å². The lowest BCUT2D eigenvalue weighted by molar-refractivity contribution is -0.247. The van der Waals surface area contributed by atoms with Gasteiger partial charge in [-0.05, 0) is 117 Å². The molecule has 0 heterocycles. The molecule has 196 valence electrons. The molecule has 0 spiro atoms. The van der Waals surface area contributed by atoms with Crippen molar-refractivity contribution in [3.05, 3.63) is 12.2 Å². The van der Waals surface area contributed by atoms with E-state index in [-0.39, 0.29) is 33.7 Å². The van der Waals surface area contributed by atoms with E-state index in [0.717, 1.165) is 32.1 Å². The molecule has 0 aromatic heterocycles. The molecule has 35 heavy (non-hydrogen) atoms. The SMILES string of the molecule is C=C(C)[C@@H]1CCC2(C=O)CC[C@]3(C)C(CCC4[C@@]5(C)CCC(OC(C)=O)C(C)(C)C5CC[C@]43C)C12. The van der Waals surface area contributed by atoms with Gasteiger partial charge >= 0.3 is 5.97 Å². The first-order valence-electron chi connectivity index (χ1n) is 14.6. The van der Waals surface area contributed by atoms with E-state index in [1.807, 2.05) is 0 Å². The van der Waals surface area contributed by atoms with Crippen LogP contribution < -0.4 is 0 Å². The standard InChI is InChI=1S/C32H50O3/c1-20(2)22-11-16-32(19-33)18-17-30(7)23(27(22)32)9-10-25-29(6)14-13-26(35-21(3)34)28(4,5)24(29)12-15-31(25,30)8/h19,22-27H,1,9-18H2,2-8H3/t22-,23?,24?,25?,26?,27?,29-,30+,31+,32?/m0/s1. The van der Waals surface area contributed by atoms with Gasteiger partial charge in [-0.2, -0.15) is 0 Å². The number of carbonyl (C=O) groups excluding carboxylic acids is 2. The van der Waals surface area contributed by atoms with Crippen LogP contribution in [0.25, 0.3) is 0 Å². The number of allylic oxidation sites excluding steroid dienone is 1. The maximum Gasteiger partial charge on any atom is 0.302 e. The van der Waals surface area contributed by atoms with Gasteiger partial charge in [-0.15, -0.1) is 0 Å². The van der Waals surface area contributed by atoms with Crippen molar-refractivity contribution in [3.63, 3.8) is 0 Å². The molecule has 0 saturated heterocycles. The molecule has 5 fully saturated rings. The normalized spacial score (nSPS) is 52.3. The van der Waals surface area contributed by atoms with E-state index in [0.29, 0.717) is 35.0 Å². The maximum absolute atomic E-state index is 12.6. The van der Waals surface area contributed by atoms with Crippen molar-refractivity contribution >= 4 is 12.3 Å². The third-order valence-corrected chi connectivity index (χ3v) is 13.6. The highest BCUT2D eigenvalue weighted by atomic mass is 16.5. The van der Waals surface area contributed by atoms with E-state index in [1.54, 1.807) is 6.92 Å². The summed E-state index contributed by atoms with van der Waals surface area (Å²) in [7, 11) is 0. The zero-order valence-electron chi connectivity index (χ0n) is 23.5. The summed E-state index contributed by atoms with van der Waals surface area (Å²) >= 11 is 0. The first kappa shape index (κ1) is 25.5. The monoisotopic (exact) mass is 482 g/mol. The minimum atomic E-state index is -0.134. The van der Waals surface area contributed by atoms with Gasteiger partial charge in [-0.1, -0.05) is 46.8 Å². The average molecular weight is 483 g/mol. The van der Waals surface area contributed by atoms with E-state index in [4.69, 9.17) is 4.74 Å². The van der Waals surface area contributed by atoms with Crippen LogP contribution in [0, 0.1) is 56.7 Å². The largest absolute Gasteiger partial charge is 0.462 e. The summed E-state index contributed by atoms with van der Waals surface area (Å²) in [6, 6.07) is 0. The van der Waals surface area contributed by atoms with E-state index < -0.39 is 0 Å². The van der Waals surface area contributed by atoms with E-state index >= 15 is 0 Å². The van der Waals surface area contributed by atoms with Crippen LogP contribution in [0.3, 0.4) is 0 Å². The van der Waals surface area contributed by atoms with Crippen molar-refractivity contribution in [2.75, 3.05) is 0 Å². The van der Waals surface area contributed by atoms with Gasteiger partial charge in [0, 0.05) is 17.8 Å². The third-order valence-electron chi connectivity index (χ3n) is 13.6. The lowest BCUT2D eigenvalue weighted by Crippen LogP contribution is -2.66. The molecule has 5 aliphatic carbocycles. The Kier molecular flexibility index (Phi) is 5.79. The molecule has 5 aliphatic rings. The summed E-state index contributed by atoms with van der Waals surface area (Å²) in [5, 5.41) is 0. The minimum absolute atomic E-state index is 0.00743. The Morgan fingerprint density at radius 3 is 2.17 bits per heavy atom. The van der Waals surface area contributed by atoms with Crippen LogP contribution in [0.4, 0.5) is 0 Å². The van der Waals surface area contributed by atoms with Crippen LogP contribution in [-0.2, 0) is 14.3 Å². The first-order valence-corrected chi connectivity index (χ1v) is 14.6. The second-order valence-electron chi connectivity index (χ2n) is 15.0. The Morgan fingerprint density at radius 2 is 1.54 bits per heavy atom. The Bertz CT molecular complexity index is 920. The molecule has 0 radical (unpaired) electrons. The fourth-order valence-corrected chi connectivity index (χ4v) is 11.8. The topological polar surface area (TPSA) is 43.4 Å². The van der Waals surface area contributed by atoms with Crippen molar-refractivity contribution in [1.29, 1.82) is 0 Å². The summed E-state index contributed by atoms with van der Waals surface area (Å²) in [6.45, 7) is 20.8. The highest BCUT2D eigenvalue weighted by Gasteiger charge is 2.71. The highest BCUT2D eigenvalue weighted by Crippen LogP contribution is 2.77. The molecular formula is C32H50O3. The number of hydrogen-bond acceptors (Lipinski definition) is 3. The van der Waals surface area contributed by atoms with Gasteiger partial charge in [-0.25, -0.2) is 0 Å². The smallest absolute Gasteiger partial charge is 0.302 e. The fourth-order valence-electron chi connectivity index (χ4n) is 11.8. The lowest BCUT2D eigenvalue weighted by Gasteiger charge is -2.72. The second kappa shape index (κ2) is 7.94. The zero-order valence-corrected chi connectivity index (χ0v) is 23.5. The number of carbonyl (C=O) groups is 2. The second-order valence-corrected chi connectivity index (χ2v) is 15.0. The number of fused-ring (bicyclic) bond motifs is 7. The zero-order chi connectivity index (χ0) is 25.6. The van der Waals surface area contributed by atoms with Crippen LogP contribution >= 0.6 is 0 Å². The summed E-state index contributed by atoms with van der Waals surface area (Å²) < 4.78 is 5.89. The van der Waals surface area contributed by atoms with Crippen molar-refractivity contribution < 1.29 is 14.3 Å². The Morgan fingerprint density at radius 1 is 0.829 bits per heavy atom. The van der Waals surface area contributed by atoms with Crippen LogP contribution in [0.15, 0.2) is 12.2 Å². The molecule has 5 saturated carbocycles. The van der Waals surface area contributed by atoms with Gasteiger partial charge in [-0.3, -0.25) is 4.79 Å². The van der Waals surface area contributed by atoms with Crippen molar-refractivity contribution in [1.82, 2.24) is 0 Å². The van der Waals surface area contributed by atoms with E-state index in [1.165, 1.54) is 44.0 Å². The number of ether oxygens (including phenoxy) is 1. The van der Waals surface area contributed by atoms with Crippen molar-refractivity contribution in [2.24, 2.45) is 56.7 Å². The quantitative estimate of drug-likeness (QED) is 0.234. The summed E-state index contributed by atoms with van der Waals surface area (Å²) in [6.07, 6.45) is 13.1. The third kappa shape index (κ3) is 3.21. The van der Waals surface area contributed by atoms with E-state index in [2.05, 4.69) is 48.1 Å². The van der Waals surface area contributed by atoms with Crippen LogP contribution in [0.5, 0.6) is 0 Å². The number of rotatable bonds is 3. The lowest BCUT2D eigenvalue weighted by atomic mass is 9.32. The summed E-state index contributed by atoms with van der Waals surface area (Å²) in [5.41, 5.74) is 2.05. The predicted octanol–water partition coefficient (Wildman–Crippen LogP) is 7.77. The number of esters is 1. The van der Waals surface area contributed by atoms with Gasteiger partial charge in [0.25, 0.3) is 0 Å². The van der Waals surface area contributed by atoms with E-state index in [9.17, 15) is 9.59 Å². The first-order chi connectivity index (χ1) is 16.3. The molecule has 0 aromatic carbocycles. The summed E-state index contributed by atoms with van der Waals surface area (Å²) in [5.74, 6) is 2.76. The van der Waals surface area contributed by atoms with Gasteiger partial charge in [0.1, 0.15) is 12.4 Å². The highest BCUT2D eigenvalue weighted by molar-refractivity contribution is 5.66. The molecule has 3 heteroatoms. The molecule has 6 unspecified atom stereocenters. The predicted molar refractivity (Wildman–Crippen MR) is 141 cm³/mol. The van der Waals surface area contributed by atoms with Crippen LogP contribution in [0.2, 0.25) is 0 Å². The molecule has 0 aliphatic heterocycles. The number of aldehydes is 1. The molecule has 0 bridgehead atoms. The molecule has 0 amide bonds. The fraction of sp³-hybridized carbons (Fsp3) is 0.875. The molecular weight excluding hydrogens is 432 g/mol. The van der Waals surface area contributed by atoms with Crippen LogP contribution in [-0.4, -0.2) is 18.4 Å². The van der Waals surface area contributed by atoms with Crippen molar-refractivity contribution in [3.8, 4) is 0 Å². The van der Waals surface area contributed by atoms with Gasteiger partial charge in [0.2, 0.25) is 0 Å². The molecule has 3 nitrogen and oxygen atoms in total. The van der Waals surface area contributed by atoms with Crippen molar-refractivity contribution in [2.45, 2.75) is 119 Å². The Labute approximate surface area is 214 Å².